The molecule has 0 aliphatic carbocycles. The summed E-state index contributed by atoms with van der Waals surface area (Å²) in [5, 5.41) is 2.72. The molecule has 32 heavy (non-hydrogen) atoms. The smallest absolute Gasteiger partial charge is 0.313 e. The Labute approximate surface area is 191 Å². The Morgan fingerprint density at radius 1 is 1.19 bits per heavy atom. The minimum absolute atomic E-state index is 0.137. The highest BCUT2D eigenvalue weighted by Gasteiger charge is 2.38. The van der Waals surface area contributed by atoms with Crippen LogP contribution in [0.1, 0.15) is 51.8 Å². The average molecular weight is 438 g/mol. The summed E-state index contributed by atoms with van der Waals surface area (Å²) in [5.74, 6) is -0.753. The van der Waals surface area contributed by atoms with Crippen LogP contribution in [-0.4, -0.2) is 52.3 Å². The highest BCUT2D eigenvalue weighted by atomic mass is 16.2. The van der Waals surface area contributed by atoms with E-state index in [2.05, 4.69) is 42.9 Å². The van der Waals surface area contributed by atoms with Crippen molar-refractivity contribution < 1.29 is 9.59 Å². The lowest BCUT2D eigenvalue weighted by molar-refractivity contribution is -0.148. The van der Waals surface area contributed by atoms with Crippen molar-refractivity contribution in [1.82, 2.24) is 14.8 Å². The lowest BCUT2D eigenvalue weighted by Gasteiger charge is -2.47. The molecule has 0 unspecified atom stereocenters. The number of hydrogen-bond acceptors (Lipinski definition) is 5. The molecule has 172 valence electrons. The van der Waals surface area contributed by atoms with E-state index in [1.165, 1.54) is 6.20 Å². The summed E-state index contributed by atoms with van der Waals surface area (Å²) in [7, 11) is 0. The Balaban J connectivity index is 1.83. The van der Waals surface area contributed by atoms with Gasteiger partial charge in [-0.3, -0.25) is 14.5 Å². The van der Waals surface area contributed by atoms with Gasteiger partial charge < -0.3 is 16.0 Å². The zero-order valence-electron chi connectivity index (χ0n) is 19.8. The van der Waals surface area contributed by atoms with Gasteiger partial charge in [0.15, 0.2) is 0 Å². The molecular formula is C25H35N5O2. The van der Waals surface area contributed by atoms with Crippen LogP contribution in [0.2, 0.25) is 0 Å². The molecule has 1 fully saturated rings. The molecule has 0 bridgehead atoms. The number of nitrogens with zero attached hydrogens (tertiary/aromatic N) is 3. The average Bonchev–Trinajstić information content (AvgIpc) is 2.75. The van der Waals surface area contributed by atoms with Gasteiger partial charge in [0, 0.05) is 25.7 Å². The van der Waals surface area contributed by atoms with Gasteiger partial charge in [0.25, 0.3) is 0 Å². The Morgan fingerprint density at radius 2 is 1.88 bits per heavy atom. The maximum absolute atomic E-state index is 13.3. The lowest BCUT2D eigenvalue weighted by Crippen LogP contribution is -2.58. The lowest BCUT2D eigenvalue weighted by atomic mass is 9.92. The number of hydrogen-bond donors (Lipinski definition) is 2. The summed E-state index contributed by atoms with van der Waals surface area (Å²) in [5.41, 5.74) is 8.34. The van der Waals surface area contributed by atoms with Gasteiger partial charge in [-0.25, -0.2) is 4.98 Å². The van der Waals surface area contributed by atoms with E-state index in [-0.39, 0.29) is 17.5 Å². The molecule has 1 aliphatic heterocycles. The molecule has 2 amide bonds. The number of carbonyl (C=O) groups is 2. The number of aryl methyl sites for hydroxylation is 1. The molecule has 1 aromatic heterocycles. The van der Waals surface area contributed by atoms with Crippen molar-refractivity contribution >= 4 is 23.3 Å². The third kappa shape index (κ3) is 5.65. The van der Waals surface area contributed by atoms with Gasteiger partial charge in [-0.2, -0.15) is 0 Å². The number of benzene rings is 1. The van der Waals surface area contributed by atoms with E-state index in [4.69, 9.17) is 5.73 Å². The molecule has 7 nitrogen and oxygen atoms in total. The molecule has 1 aliphatic rings. The fraction of sp³-hybridized carbons (Fsp3) is 0.480. The predicted molar refractivity (Wildman–Crippen MR) is 128 cm³/mol. The summed E-state index contributed by atoms with van der Waals surface area (Å²) in [4.78, 5) is 34.5. The number of aromatic nitrogens is 1. The molecule has 1 saturated heterocycles. The molecule has 2 aromatic rings. The summed E-state index contributed by atoms with van der Waals surface area (Å²) in [6.07, 6.45) is 2.18. The zero-order chi connectivity index (χ0) is 23.5. The maximum Gasteiger partial charge on any atom is 0.313 e. The first kappa shape index (κ1) is 23.7. The second kappa shape index (κ2) is 9.69. The van der Waals surface area contributed by atoms with Crippen LogP contribution in [0, 0.1) is 5.41 Å². The molecular weight excluding hydrogens is 402 g/mol. The second-order valence-electron chi connectivity index (χ2n) is 9.80. The third-order valence-corrected chi connectivity index (χ3v) is 5.83. The van der Waals surface area contributed by atoms with Gasteiger partial charge in [-0.1, -0.05) is 58.0 Å². The number of rotatable bonds is 4. The van der Waals surface area contributed by atoms with Crippen molar-refractivity contribution in [3.63, 3.8) is 0 Å². The fourth-order valence-corrected chi connectivity index (χ4v) is 4.23. The molecule has 2 heterocycles. The first-order chi connectivity index (χ1) is 15.1. The van der Waals surface area contributed by atoms with Gasteiger partial charge in [-0.05, 0) is 36.0 Å². The number of nitrogens with two attached hydrogens (primary N) is 1. The Morgan fingerprint density at radius 3 is 2.50 bits per heavy atom. The third-order valence-electron chi connectivity index (χ3n) is 5.83. The number of carbonyl (C=O) groups excluding carboxylic acids is 2. The largest absolute Gasteiger partial charge is 0.383 e. The highest BCUT2D eigenvalue weighted by molar-refractivity contribution is 6.39. The first-order valence-corrected chi connectivity index (χ1v) is 11.2. The zero-order valence-corrected chi connectivity index (χ0v) is 19.8. The first-order valence-electron chi connectivity index (χ1n) is 11.2. The van der Waals surface area contributed by atoms with Crippen LogP contribution in [0.3, 0.4) is 0 Å². The summed E-state index contributed by atoms with van der Waals surface area (Å²) < 4.78 is 0. The number of nitrogen functional groups attached to an aromatic ring is 1. The summed E-state index contributed by atoms with van der Waals surface area (Å²) >= 11 is 0. The van der Waals surface area contributed by atoms with E-state index in [9.17, 15) is 9.59 Å². The van der Waals surface area contributed by atoms with Crippen LogP contribution in [0.15, 0.2) is 42.6 Å². The highest BCUT2D eigenvalue weighted by Crippen LogP contribution is 2.30. The molecule has 1 aromatic carbocycles. The van der Waals surface area contributed by atoms with E-state index >= 15 is 0 Å². The Kier molecular flexibility index (Phi) is 7.19. The molecule has 0 saturated carbocycles. The van der Waals surface area contributed by atoms with Gasteiger partial charge in [0.1, 0.15) is 5.82 Å². The Bertz CT molecular complexity index is 955. The number of amides is 2. The van der Waals surface area contributed by atoms with Crippen molar-refractivity contribution in [3.8, 4) is 0 Å². The van der Waals surface area contributed by atoms with Gasteiger partial charge in [-0.15, -0.1) is 0 Å². The van der Waals surface area contributed by atoms with E-state index in [0.717, 1.165) is 17.7 Å². The summed E-state index contributed by atoms with van der Waals surface area (Å²) in [6, 6.07) is 11.7. The SMILES string of the molecule is CCc1cc(NC(=O)C(=O)N2C[C@@H](C)N(CC(C)(C)C)C[C@@H]2c2ccccc2)cnc1N. The normalized spacial score (nSPS) is 19.6. The predicted octanol–water partition coefficient (Wildman–Crippen LogP) is 3.48. The topological polar surface area (TPSA) is 91.6 Å². The van der Waals surface area contributed by atoms with Crippen LogP contribution in [0.4, 0.5) is 11.5 Å². The number of pyridine rings is 1. The van der Waals surface area contributed by atoms with E-state index < -0.39 is 11.8 Å². The number of piperazine rings is 1. The van der Waals surface area contributed by atoms with Crippen LogP contribution in [0.25, 0.3) is 0 Å². The number of anilines is 2. The minimum Gasteiger partial charge on any atom is -0.383 e. The van der Waals surface area contributed by atoms with Crippen LogP contribution < -0.4 is 11.1 Å². The molecule has 3 N–H and O–H groups in total. The molecule has 3 rings (SSSR count). The quantitative estimate of drug-likeness (QED) is 0.715. The van der Waals surface area contributed by atoms with Crippen molar-refractivity contribution in [2.75, 3.05) is 30.7 Å². The van der Waals surface area contributed by atoms with Crippen LogP contribution >= 0.6 is 0 Å². The van der Waals surface area contributed by atoms with Gasteiger partial charge in [0.05, 0.1) is 17.9 Å². The molecule has 0 spiro atoms. The van der Waals surface area contributed by atoms with Crippen molar-refractivity contribution in [3.05, 3.63) is 53.7 Å². The van der Waals surface area contributed by atoms with E-state index in [1.54, 1.807) is 11.0 Å². The minimum atomic E-state index is -0.656. The van der Waals surface area contributed by atoms with Crippen molar-refractivity contribution in [2.45, 2.75) is 53.1 Å². The molecule has 2 atom stereocenters. The molecule has 0 radical (unpaired) electrons. The monoisotopic (exact) mass is 437 g/mol. The van der Waals surface area contributed by atoms with Crippen LogP contribution in [-0.2, 0) is 16.0 Å². The van der Waals surface area contributed by atoms with Crippen LogP contribution in [0.5, 0.6) is 0 Å². The van der Waals surface area contributed by atoms with E-state index in [0.29, 0.717) is 31.0 Å². The summed E-state index contributed by atoms with van der Waals surface area (Å²) in [6.45, 7) is 12.8. The van der Waals surface area contributed by atoms with Gasteiger partial charge >= 0.3 is 11.8 Å². The number of nitrogens with one attached hydrogen (secondary N) is 1. The van der Waals surface area contributed by atoms with Crippen molar-refractivity contribution in [2.24, 2.45) is 5.41 Å². The standard InChI is InChI=1S/C25H35N5O2/c1-6-18-12-20(13-27-22(18)26)28-23(31)24(32)30-14-17(2)29(16-25(3,4)5)15-21(30)19-10-8-7-9-11-19/h7-13,17,21H,6,14-16H2,1-5H3,(H2,26,27)(H,28,31)/t17-,21-/m1/s1. The fourth-order valence-electron chi connectivity index (χ4n) is 4.23. The molecule has 7 heteroatoms. The van der Waals surface area contributed by atoms with Gasteiger partial charge in [0.2, 0.25) is 0 Å². The Hall–Kier alpha value is -2.93. The van der Waals surface area contributed by atoms with Crippen molar-refractivity contribution in [1.29, 1.82) is 0 Å². The van der Waals surface area contributed by atoms with E-state index in [1.807, 2.05) is 37.3 Å². The maximum atomic E-state index is 13.3. The second-order valence-corrected chi connectivity index (χ2v) is 9.80.